The Morgan fingerprint density at radius 2 is 2.25 bits per heavy atom. The highest BCUT2D eigenvalue weighted by atomic mass is 16.1. The molecule has 2 radical (unpaired) electrons. The van der Waals surface area contributed by atoms with E-state index in [-0.39, 0.29) is 10.8 Å². The Bertz CT molecular complexity index is 230. The molecule has 64 valence electrons. The lowest BCUT2D eigenvalue weighted by molar-refractivity contribution is -0.120. The molecule has 1 rings (SSSR count). The van der Waals surface area contributed by atoms with Crippen LogP contribution in [-0.4, -0.2) is 14.1 Å². The van der Waals surface area contributed by atoms with E-state index in [2.05, 4.69) is 13.8 Å². The van der Waals surface area contributed by atoms with Crippen molar-refractivity contribution in [1.82, 2.24) is 0 Å². The Labute approximate surface area is 75.6 Å². The van der Waals surface area contributed by atoms with Crippen molar-refractivity contribution in [2.45, 2.75) is 33.6 Å². The van der Waals surface area contributed by atoms with Gasteiger partial charge in [0.2, 0.25) is 0 Å². The molecule has 0 spiro atoms. The Balaban J connectivity index is 3.03. The molecule has 1 atom stereocenters. The molecule has 1 aliphatic carbocycles. The summed E-state index contributed by atoms with van der Waals surface area (Å²) in [6.07, 6.45) is 4.68. The van der Waals surface area contributed by atoms with Crippen LogP contribution < -0.4 is 0 Å². The highest BCUT2D eigenvalue weighted by Crippen LogP contribution is 2.50. The van der Waals surface area contributed by atoms with Crippen molar-refractivity contribution < 1.29 is 4.79 Å². The van der Waals surface area contributed by atoms with E-state index in [1.165, 1.54) is 0 Å². The van der Waals surface area contributed by atoms with Gasteiger partial charge in [-0.15, -0.1) is 5.47 Å². The number of hydrogen-bond donors (Lipinski definition) is 0. The fourth-order valence-electron chi connectivity index (χ4n) is 2.11. The zero-order chi connectivity index (χ0) is 9.41. The second-order valence-electron chi connectivity index (χ2n) is 4.25. The summed E-state index contributed by atoms with van der Waals surface area (Å²) >= 11 is 0. The number of rotatable bonds is 2. The first-order valence-electron chi connectivity index (χ1n) is 4.41. The van der Waals surface area contributed by atoms with Crippen LogP contribution in [0.4, 0.5) is 0 Å². The smallest absolute Gasteiger partial charge is 0.127 e. The Morgan fingerprint density at radius 3 is 2.42 bits per heavy atom. The SMILES string of the molecule is [B]C1=CC(C)(C)[C@@](C=O)(CC)C1. The molecule has 0 saturated heterocycles. The fourth-order valence-corrected chi connectivity index (χ4v) is 2.11. The van der Waals surface area contributed by atoms with Crippen molar-refractivity contribution in [2.75, 3.05) is 0 Å². The summed E-state index contributed by atoms with van der Waals surface area (Å²) in [6, 6.07) is 0. The van der Waals surface area contributed by atoms with Gasteiger partial charge in [0, 0.05) is 5.41 Å². The van der Waals surface area contributed by atoms with E-state index < -0.39 is 0 Å². The van der Waals surface area contributed by atoms with Gasteiger partial charge in [0.1, 0.15) is 14.1 Å². The summed E-state index contributed by atoms with van der Waals surface area (Å²) in [5, 5.41) is 0. The molecule has 0 N–H and O–H groups in total. The van der Waals surface area contributed by atoms with Gasteiger partial charge in [-0.2, -0.15) is 0 Å². The second kappa shape index (κ2) is 2.76. The van der Waals surface area contributed by atoms with Crippen LogP contribution in [0.1, 0.15) is 33.6 Å². The quantitative estimate of drug-likeness (QED) is 0.448. The van der Waals surface area contributed by atoms with E-state index in [9.17, 15) is 4.79 Å². The molecule has 0 fully saturated rings. The Hall–Kier alpha value is -0.525. The maximum Gasteiger partial charge on any atom is 0.127 e. The maximum absolute atomic E-state index is 11.0. The van der Waals surface area contributed by atoms with Crippen molar-refractivity contribution in [2.24, 2.45) is 10.8 Å². The molecule has 0 heterocycles. The molecule has 0 unspecified atom stereocenters. The first-order valence-corrected chi connectivity index (χ1v) is 4.41. The predicted octanol–water partition coefficient (Wildman–Crippen LogP) is 2.06. The Kier molecular flexibility index (Phi) is 2.20. The van der Waals surface area contributed by atoms with Gasteiger partial charge < -0.3 is 4.79 Å². The predicted molar refractivity (Wildman–Crippen MR) is 51.0 cm³/mol. The van der Waals surface area contributed by atoms with Gasteiger partial charge in [-0.25, -0.2) is 0 Å². The van der Waals surface area contributed by atoms with Gasteiger partial charge in [0.05, 0.1) is 0 Å². The first-order chi connectivity index (χ1) is 5.47. The third-order valence-corrected chi connectivity index (χ3v) is 3.21. The largest absolute Gasteiger partial charge is 0.303 e. The number of carbonyl (C=O) groups is 1. The van der Waals surface area contributed by atoms with Crippen molar-refractivity contribution in [1.29, 1.82) is 0 Å². The lowest BCUT2D eigenvalue weighted by Crippen LogP contribution is -2.33. The van der Waals surface area contributed by atoms with E-state index in [4.69, 9.17) is 7.85 Å². The van der Waals surface area contributed by atoms with Crippen LogP contribution in [0.25, 0.3) is 0 Å². The van der Waals surface area contributed by atoms with Crippen LogP contribution in [0.15, 0.2) is 11.5 Å². The normalized spacial score (nSPS) is 33.1. The lowest BCUT2D eigenvalue weighted by Gasteiger charge is -2.35. The minimum atomic E-state index is -0.253. The fraction of sp³-hybridized carbons (Fsp3) is 0.700. The summed E-state index contributed by atoms with van der Waals surface area (Å²) in [5.74, 6) is 0. The molecule has 2 heteroatoms. The molecule has 0 aromatic rings. The molecule has 0 aromatic heterocycles. The minimum Gasteiger partial charge on any atom is -0.303 e. The zero-order valence-electron chi connectivity index (χ0n) is 8.05. The van der Waals surface area contributed by atoms with Crippen LogP contribution in [0.3, 0.4) is 0 Å². The molecule has 1 aliphatic rings. The van der Waals surface area contributed by atoms with E-state index in [1.807, 2.05) is 13.0 Å². The van der Waals surface area contributed by atoms with Crippen LogP contribution >= 0.6 is 0 Å². The van der Waals surface area contributed by atoms with E-state index >= 15 is 0 Å². The van der Waals surface area contributed by atoms with Crippen LogP contribution in [-0.2, 0) is 4.79 Å². The number of aldehydes is 1. The molecular formula is C10H15BO. The van der Waals surface area contributed by atoms with Crippen LogP contribution in [0.2, 0.25) is 0 Å². The number of hydrogen-bond acceptors (Lipinski definition) is 1. The average molecular weight is 162 g/mol. The molecule has 0 bridgehead atoms. The monoisotopic (exact) mass is 162 g/mol. The number of allylic oxidation sites excluding steroid dienone is 2. The Morgan fingerprint density at radius 1 is 1.67 bits per heavy atom. The van der Waals surface area contributed by atoms with Gasteiger partial charge >= 0.3 is 0 Å². The topological polar surface area (TPSA) is 17.1 Å². The molecule has 0 aliphatic heterocycles. The molecule has 0 aromatic carbocycles. The second-order valence-corrected chi connectivity index (χ2v) is 4.25. The molecule has 1 nitrogen and oxygen atoms in total. The van der Waals surface area contributed by atoms with Crippen molar-refractivity contribution in [3.63, 3.8) is 0 Å². The van der Waals surface area contributed by atoms with Crippen molar-refractivity contribution in [3.8, 4) is 0 Å². The van der Waals surface area contributed by atoms with Crippen molar-refractivity contribution >= 4 is 14.1 Å². The standard InChI is InChI=1S/C10H15BO/c1-4-10(7-12)6-8(11)5-9(10,2)3/h5,7H,4,6H2,1-3H3/t10-/m0/s1. The van der Waals surface area contributed by atoms with Gasteiger partial charge in [-0.1, -0.05) is 26.8 Å². The summed E-state index contributed by atoms with van der Waals surface area (Å²) in [6.45, 7) is 6.19. The van der Waals surface area contributed by atoms with E-state index in [0.717, 1.165) is 24.6 Å². The lowest BCUT2D eigenvalue weighted by atomic mass is 9.66. The number of carbonyl (C=O) groups excluding carboxylic acids is 1. The van der Waals surface area contributed by atoms with Gasteiger partial charge in [0.25, 0.3) is 0 Å². The van der Waals surface area contributed by atoms with E-state index in [1.54, 1.807) is 0 Å². The summed E-state index contributed by atoms with van der Waals surface area (Å²) in [7, 11) is 5.74. The summed E-state index contributed by atoms with van der Waals surface area (Å²) in [4.78, 5) is 11.0. The van der Waals surface area contributed by atoms with Crippen molar-refractivity contribution in [3.05, 3.63) is 11.5 Å². The molecule has 12 heavy (non-hydrogen) atoms. The third-order valence-electron chi connectivity index (χ3n) is 3.21. The minimum absolute atomic E-state index is 0.0758. The van der Waals surface area contributed by atoms with Crippen LogP contribution in [0.5, 0.6) is 0 Å². The highest BCUT2D eigenvalue weighted by Gasteiger charge is 2.45. The maximum atomic E-state index is 11.0. The van der Waals surface area contributed by atoms with Crippen LogP contribution in [0, 0.1) is 10.8 Å². The third kappa shape index (κ3) is 1.14. The molecular weight excluding hydrogens is 147 g/mol. The molecule has 0 saturated carbocycles. The summed E-state index contributed by atoms with van der Waals surface area (Å²) < 4.78 is 0. The van der Waals surface area contributed by atoms with E-state index in [0.29, 0.717) is 0 Å². The zero-order valence-corrected chi connectivity index (χ0v) is 8.05. The summed E-state index contributed by atoms with van der Waals surface area (Å²) in [5.41, 5.74) is 0.527. The van der Waals surface area contributed by atoms with Gasteiger partial charge in [0.15, 0.2) is 0 Å². The average Bonchev–Trinajstić information content (AvgIpc) is 2.20. The first kappa shape index (κ1) is 9.56. The molecule has 0 amide bonds. The van der Waals surface area contributed by atoms with Gasteiger partial charge in [-0.3, -0.25) is 0 Å². The highest BCUT2D eigenvalue weighted by molar-refractivity contribution is 6.22. The van der Waals surface area contributed by atoms with Gasteiger partial charge in [-0.05, 0) is 18.3 Å².